The molecule has 0 saturated carbocycles. The van der Waals surface area contributed by atoms with Crippen molar-refractivity contribution in [3.63, 3.8) is 0 Å². The maximum atomic E-state index is 12.3. The molecular weight excluding hydrogens is 360 g/mol. The van der Waals surface area contributed by atoms with Crippen molar-refractivity contribution in [3.05, 3.63) is 86.5 Å². The number of nitro benzene ring substituents is 1. The lowest BCUT2D eigenvalue weighted by molar-refractivity contribution is -0.384. The van der Waals surface area contributed by atoms with Crippen molar-refractivity contribution in [3.8, 4) is 11.3 Å². The molecule has 0 spiro atoms. The first-order valence-electron chi connectivity index (χ1n) is 8.52. The molecule has 0 fully saturated rings. The SMILES string of the molecule is Cc1ccc(-c2cc(=O)n(CC(=O)Nc3ccc([N+](=O)[O-])cc3C)cn2)cc1. The lowest BCUT2D eigenvalue weighted by atomic mass is 10.1. The van der Waals surface area contributed by atoms with Gasteiger partial charge in [0.2, 0.25) is 5.91 Å². The van der Waals surface area contributed by atoms with E-state index in [1.165, 1.54) is 35.2 Å². The van der Waals surface area contributed by atoms with E-state index < -0.39 is 10.8 Å². The second kappa shape index (κ2) is 7.83. The molecular formula is C20H18N4O4. The van der Waals surface area contributed by atoms with Crippen LogP contribution in [0.1, 0.15) is 11.1 Å². The van der Waals surface area contributed by atoms with Crippen LogP contribution < -0.4 is 10.9 Å². The lowest BCUT2D eigenvalue weighted by Crippen LogP contribution is -2.27. The molecule has 1 N–H and O–H groups in total. The van der Waals surface area contributed by atoms with Crippen LogP contribution >= 0.6 is 0 Å². The van der Waals surface area contributed by atoms with Gasteiger partial charge >= 0.3 is 0 Å². The van der Waals surface area contributed by atoms with Gasteiger partial charge in [0.25, 0.3) is 11.2 Å². The average Bonchev–Trinajstić information content (AvgIpc) is 2.65. The highest BCUT2D eigenvalue weighted by Gasteiger charge is 2.12. The number of anilines is 1. The number of aryl methyl sites for hydroxylation is 2. The number of amides is 1. The zero-order valence-corrected chi connectivity index (χ0v) is 15.4. The number of nitrogens with zero attached hydrogens (tertiary/aromatic N) is 3. The highest BCUT2D eigenvalue weighted by atomic mass is 16.6. The van der Waals surface area contributed by atoms with E-state index in [0.717, 1.165) is 11.1 Å². The van der Waals surface area contributed by atoms with Crippen LogP contribution in [0.15, 0.2) is 59.7 Å². The number of hydrogen-bond donors (Lipinski definition) is 1. The van der Waals surface area contributed by atoms with Crippen molar-refractivity contribution in [2.24, 2.45) is 0 Å². The molecule has 0 saturated heterocycles. The van der Waals surface area contributed by atoms with E-state index in [-0.39, 0.29) is 17.8 Å². The van der Waals surface area contributed by atoms with Gasteiger partial charge in [-0.3, -0.25) is 24.3 Å². The third-order valence-corrected chi connectivity index (χ3v) is 4.24. The molecule has 0 atom stereocenters. The number of benzene rings is 2. The Morgan fingerprint density at radius 3 is 2.46 bits per heavy atom. The average molecular weight is 378 g/mol. The van der Waals surface area contributed by atoms with Crippen LogP contribution in [-0.4, -0.2) is 20.4 Å². The summed E-state index contributed by atoms with van der Waals surface area (Å²) in [7, 11) is 0. The molecule has 0 aliphatic heterocycles. The van der Waals surface area contributed by atoms with E-state index in [1.54, 1.807) is 6.92 Å². The number of carbonyl (C=O) groups is 1. The fourth-order valence-corrected chi connectivity index (χ4v) is 2.67. The Labute approximate surface area is 160 Å². The summed E-state index contributed by atoms with van der Waals surface area (Å²) in [5, 5.41) is 13.4. The number of carbonyl (C=O) groups excluding carboxylic acids is 1. The van der Waals surface area contributed by atoms with E-state index in [4.69, 9.17) is 0 Å². The number of nitrogens with one attached hydrogen (secondary N) is 1. The zero-order chi connectivity index (χ0) is 20.3. The molecule has 0 unspecified atom stereocenters. The molecule has 142 valence electrons. The van der Waals surface area contributed by atoms with Crippen molar-refractivity contribution in [2.45, 2.75) is 20.4 Å². The van der Waals surface area contributed by atoms with Crippen LogP contribution in [0.5, 0.6) is 0 Å². The fraction of sp³-hybridized carbons (Fsp3) is 0.150. The highest BCUT2D eigenvalue weighted by molar-refractivity contribution is 5.91. The Morgan fingerprint density at radius 2 is 1.86 bits per heavy atom. The molecule has 0 radical (unpaired) electrons. The minimum atomic E-state index is -0.501. The molecule has 3 aromatic rings. The summed E-state index contributed by atoms with van der Waals surface area (Å²) in [5.41, 5.74) is 3.07. The summed E-state index contributed by atoms with van der Waals surface area (Å²) in [4.78, 5) is 39.1. The molecule has 28 heavy (non-hydrogen) atoms. The van der Waals surface area contributed by atoms with Crippen molar-refractivity contribution in [2.75, 3.05) is 5.32 Å². The Morgan fingerprint density at radius 1 is 1.14 bits per heavy atom. The number of non-ortho nitro benzene ring substituents is 1. The highest BCUT2D eigenvalue weighted by Crippen LogP contribution is 2.21. The van der Waals surface area contributed by atoms with E-state index in [1.807, 2.05) is 31.2 Å². The van der Waals surface area contributed by atoms with Gasteiger partial charge in [-0.15, -0.1) is 0 Å². The van der Waals surface area contributed by atoms with Crippen LogP contribution in [-0.2, 0) is 11.3 Å². The lowest BCUT2D eigenvalue weighted by Gasteiger charge is -2.10. The first-order chi connectivity index (χ1) is 13.3. The number of rotatable bonds is 5. The van der Waals surface area contributed by atoms with Crippen molar-refractivity contribution < 1.29 is 9.72 Å². The number of aromatic nitrogens is 2. The number of hydrogen-bond acceptors (Lipinski definition) is 5. The molecule has 0 bridgehead atoms. The van der Waals surface area contributed by atoms with Crippen molar-refractivity contribution >= 4 is 17.3 Å². The molecule has 3 rings (SSSR count). The monoisotopic (exact) mass is 378 g/mol. The Hall–Kier alpha value is -3.81. The summed E-state index contributed by atoms with van der Waals surface area (Å²) in [6.45, 7) is 3.42. The largest absolute Gasteiger partial charge is 0.324 e. The van der Waals surface area contributed by atoms with Gasteiger partial charge in [-0.2, -0.15) is 0 Å². The summed E-state index contributed by atoms with van der Waals surface area (Å²) >= 11 is 0. The fourth-order valence-electron chi connectivity index (χ4n) is 2.67. The third kappa shape index (κ3) is 4.29. The maximum absolute atomic E-state index is 12.3. The van der Waals surface area contributed by atoms with Gasteiger partial charge in [-0.1, -0.05) is 29.8 Å². The van der Waals surface area contributed by atoms with E-state index >= 15 is 0 Å². The van der Waals surface area contributed by atoms with Crippen LogP contribution in [0.2, 0.25) is 0 Å². The van der Waals surface area contributed by atoms with Gasteiger partial charge in [0.15, 0.2) is 0 Å². The molecule has 1 aromatic heterocycles. The predicted octanol–water partition coefficient (Wildman–Crippen LogP) is 3.07. The van der Waals surface area contributed by atoms with Crippen LogP contribution in [0.25, 0.3) is 11.3 Å². The van der Waals surface area contributed by atoms with Gasteiger partial charge in [-0.25, -0.2) is 4.98 Å². The van der Waals surface area contributed by atoms with E-state index in [2.05, 4.69) is 10.3 Å². The summed E-state index contributed by atoms with van der Waals surface area (Å²) in [6.07, 6.45) is 1.33. The zero-order valence-electron chi connectivity index (χ0n) is 15.4. The second-order valence-corrected chi connectivity index (χ2v) is 6.41. The summed E-state index contributed by atoms with van der Waals surface area (Å²) in [6, 6.07) is 13.2. The van der Waals surface area contributed by atoms with Crippen LogP contribution in [0.4, 0.5) is 11.4 Å². The van der Waals surface area contributed by atoms with Crippen molar-refractivity contribution in [1.82, 2.24) is 9.55 Å². The quantitative estimate of drug-likeness (QED) is 0.542. The summed E-state index contributed by atoms with van der Waals surface area (Å²) in [5.74, 6) is -0.427. The Balaban J connectivity index is 1.73. The molecule has 8 nitrogen and oxygen atoms in total. The second-order valence-electron chi connectivity index (χ2n) is 6.41. The smallest absolute Gasteiger partial charge is 0.269 e. The number of nitro groups is 1. The van der Waals surface area contributed by atoms with Gasteiger partial charge in [0.1, 0.15) is 6.54 Å². The molecule has 2 aromatic carbocycles. The third-order valence-electron chi connectivity index (χ3n) is 4.24. The van der Waals surface area contributed by atoms with E-state index in [0.29, 0.717) is 16.9 Å². The van der Waals surface area contributed by atoms with Crippen LogP contribution in [0.3, 0.4) is 0 Å². The molecule has 1 heterocycles. The minimum absolute atomic E-state index is 0.0531. The first-order valence-corrected chi connectivity index (χ1v) is 8.52. The summed E-state index contributed by atoms with van der Waals surface area (Å²) < 4.78 is 1.20. The Bertz CT molecular complexity index is 1100. The van der Waals surface area contributed by atoms with Crippen LogP contribution in [0, 0.1) is 24.0 Å². The van der Waals surface area contributed by atoms with Gasteiger partial charge in [-0.05, 0) is 25.5 Å². The van der Waals surface area contributed by atoms with Gasteiger partial charge in [0, 0.05) is 29.4 Å². The topological polar surface area (TPSA) is 107 Å². The van der Waals surface area contributed by atoms with Crippen molar-refractivity contribution in [1.29, 1.82) is 0 Å². The molecule has 0 aliphatic carbocycles. The Kier molecular flexibility index (Phi) is 5.30. The standard InChI is InChI=1S/C20H18N4O4/c1-13-3-5-15(6-4-13)18-10-20(26)23(12-21-18)11-19(25)22-17-8-7-16(24(27)28)9-14(17)2/h3-10,12H,11H2,1-2H3,(H,22,25). The van der Waals surface area contributed by atoms with Gasteiger partial charge < -0.3 is 5.32 Å². The first kappa shape index (κ1) is 19.0. The predicted molar refractivity (Wildman–Crippen MR) is 105 cm³/mol. The van der Waals surface area contributed by atoms with Gasteiger partial charge in [0.05, 0.1) is 16.9 Å². The molecule has 1 amide bonds. The maximum Gasteiger partial charge on any atom is 0.269 e. The van der Waals surface area contributed by atoms with E-state index in [9.17, 15) is 19.7 Å². The minimum Gasteiger partial charge on any atom is -0.324 e. The molecule has 8 heteroatoms. The molecule has 0 aliphatic rings. The normalized spacial score (nSPS) is 10.5.